The summed E-state index contributed by atoms with van der Waals surface area (Å²) < 4.78 is 1.26. The molecule has 0 fully saturated rings. The normalized spacial score (nSPS) is 12.7. The van der Waals surface area contributed by atoms with Gasteiger partial charge in [-0.05, 0) is 70.1 Å². The van der Waals surface area contributed by atoms with Gasteiger partial charge < -0.3 is 0 Å². The zero-order valence-electron chi connectivity index (χ0n) is 9.91. The molecule has 0 aliphatic heterocycles. The molecule has 1 atom stereocenters. The van der Waals surface area contributed by atoms with E-state index in [1.54, 1.807) is 11.3 Å². The number of hydrogen-bond donors (Lipinski definition) is 2. The lowest BCUT2D eigenvalue weighted by molar-refractivity contribution is 0.553. The largest absolute Gasteiger partial charge is 0.271 e. The maximum Gasteiger partial charge on any atom is 0.0656 e. The van der Waals surface area contributed by atoms with Crippen molar-refractivity contribution >= 4 is 45.5 Å². The summed E-state index contributed by atoms with van der Waals surface area (Å²) in [6.45, 7) is 2.04. The maximum absolute atomic E-state index is 6.26. The van der Waals surface area contributed by atoms with Gasteiger partial charge in [0.15, 0.2) is 0 Å². The molecule has 2 rings (SSSR count). The van der Waals surface area contributed by atoms with Crippen LogP contribution in [0.25, 0.3) is 0 Å². The minimum absolute atomic E-state index is 0.102. The minimum atomic E-state index is 0.102. The molecule has 0 radical (unpaired) electrons. The zero-order chi connectivity index (χ0) is 13.1. The molecule has 0 amide bonds. The quantitative estimate of drug-likeness (QED) is 0.468. The van der Waals surface area contributed by atoms with Crippen molar-refractivity contribution in [3.8, 4) is 0 Å². The summed E-state index contributed by atoms with van der Waals surface area (Å²) in [7, 11) is 0. The highest BCUT2D eigenvalue weighted by molar-refractivity contribution is 14.1. The number of halogens is 2. The molecule has 2 nitrogen and oxygen atoms in total. The molecular weight excluding hydrogens is 379 g/mol. The predicted molar refractivity (Wildman–Crippen MR) is 87.0 cm³/mol. The minimum Gasteiger partial charge on any atom is -0.271 e. The Bertz CT molecular complexity index is 542. The van der Waals surface area contributed by atoms with E-state index in [1.165, 1.54) is 14.0 Å². The number of rotatable bonds is 4. The molecule has 2 aromatic rings. The van der Waals surface area contributed by atoms with Crippen molar-refractivity contribution in [2.24, 2.45) is 5.84 Å². The molecule has 18 heavy (non-hydrogen) atoms. The van der Waals surface area contributed by atoms with Gasteiger partial charge in [0.2, 0.25) is 0 Å². The smallest absolute Gasteiger partial charge is 0.0656 e. The molecule has 0 spiro atoms. The summed E-state index contributed by atoms with van der Waals surface area (Å²) in [5.74, 6) is 5.65. The Morgan fingerprint density at radius 1 is 1.44 bits per heavy atom. The number of hydrogen-bond acceptors (Lipinski definition) is 3. The predicted octanol–water partition coefficient (Wildman–Crippen LogP) is 4.06. The first kappa shape index (κ1) is 14.3. The average Bonchev–Trinajstić information content (AvgIpc) is 2.75. The molecular formula is C13H14ClIN2S. The monoisotopic (exact) mass is 392 g/mol. The number of aryl methyl sites for hydroxylation is 1. The van der Waals surface area contributed by atoms with E-state index in [0.29, 0.717) is 0 Å². The van der Waals surface area contributed by atoms with Gasteiger partial charge in [-0.15, -0.1) is 11.3 Å². The second kappa shape index (κ2) is 6.34. The molecule has 5 heteroatoms. The van der Waals surface area contributed by atoms with Crippen molar-refractivity contribution < 1.29 is 0 Å². The van der Waals surface area contributed by atoms with Crippen LogP contribution in [-0.2, 0) is 6.42 Å². The first-order chi connectivity index (χ1) is 8.60. The topological polar surface area (TPSA) is 38.0 Å². The molecule has 1 aromatic carbocycles. The fraction of sp³-hybridized carbons (Fsp3) is 0.231. The van der Waals surface area contributed by atoms with E-state index in [-0.39, 0.29) is 6.04 Å². The van der Waals surface area contributed by atoms with Gasteiger partial charge in [0, 0.05) is 5.02 Å². The van der Waals surface area contributed by atoms with Crippen molar-refractivity contribution in [3.63, 3.8) is 0 Å². The van der Waals surface area contributed by atoms with Crippen LogP contribution in [0.5, 0.6) is 0 Å². The second-order valence-electron chi connectivity index (χ2n) is 4.20. The number of thiophene rings is 1. The van der Waals surface area contributed by atoms with E-state index < -0.39 is 0 Å². The van der Waals surface area contributed by atoms with Crippen LogP contribution < -0.4 is 11.3 Å². The number of nitrogens with two attached hydrogens (primary N) is 1. The van der Waals surface area contributed by atoms with E-state index >= 15 is 0 Å². The van der Waals surface area contributed by atoms with Crippen LogP contribution in [-0.4, -0.2) is 0 Å². The van der Waals surface area contributed by atoms with Gasteiger partial charge in [-0.2, -0.15) is 0 Å². The van der Waals surface area contributed by atoms with Crippen LogP contribution in [0.2, 0.25) is 5.02 Å². The summed E-state index contributed by atoms with van der Waals surface area (Å²) in [6, 6.07) is 8.38. The van der Waals surface area contributed by atoms with Gasteiger partial charge in [0.25, 0.3) is 0 Å². The number of nitrogens with one attached hydrogen (secondary N) is 1. The molecule has 1 unspecified atom stereocenters. The molecule has 3 N–H and O–H groups in total. The van der Waals surface area contributed by atoms with E-state index in [9.17, 15) is 0 Å². The van der Waals surface area contributed by atoms with E-state index in [2.05, 4.69) is 51.6 Å². The SMILES string of the molecule is Cc1ccc(CC(NN)c2csc(I)c2)c(Cl)c1. The first-order valence-electron chi connectivity index (χ1n) is 5.55. The molecule has 96 valence electrons. The Balaban J connectivity index is 2.20. The van der Waals surface area contributed by atoms with Crippen molar-refractivity contribution in [2.45, 2.75) is 19.4 Å². The molecule has 1 aromatic heterocycles. The van der Waals surface area contributed by atoms with Crippen molar-refractivity contribution in [1.82, 2.24) is 5.43 Å². The summed E-state index contributed by atoms with van der Waals surface area (Å²) in [5.41, 5.74) is 6.37. The average molecular weight is 393 g/mol. The summed E-state index contributed by atoms with van der Waals surface area (Å²) in [5, 5.41) is 2.94. The Morgan fingerprint density at radius 3 is 2.78 bits per heavy atom. The fourth-order valence-corrected chi connectivity index (χ4v) is 3.56. The van der Waals surface area contributed by atoms with E-state index in [0.717, 1.165) is 17.0 Å². The molecule has 0 aliphatic carbocycles. The third-order valence-corrected chi connectivity index (χ3v) is 4.98. The van der Waals surface area contributed by atoms with Crippen LogP contribution in [0.3, 0.4) is 0 Å². The van der Waals surface area contributed by atoms with Crippen molar-refractivity contribution in [3.05, 3.63) is 54.2 Å². The van der Waals surface area contributed by atoms with Gasteiger partial charge in [0.05, 0.1) is 8.93 Å². The van der Waals surface area contributed by atoms with Gasteiger partial charge in [-0.25, -0.2) is 0 Å². The van der Waals surface area contributed by atoms with Crippen molar-refractivity contribution in [1.29, 1.82) is 0 Å². The highest BCUT2D eigenvalue weighted by atomic mass is 127. The Hall–Kier alpha value is -0.140. The number of hydrazine groups is 1. The summed E-state index contributed by atoms with van der Waals surface area (Å²) in [6.07, 6.45) is 0.794. The van der Waals surface area contributed by atoms with Gasteiger partial charge in [-0.1, -0.05) is 23.7 Å². The third-order valence-electron chi connectivity index (χ3n) is 2.82. The maximum atomic E-state index is 6.26. The highest BCUT2D eigenvalue weighted by Gasteiger charge is 2.14. The van der Waals surface area contributed by atoms with E-state index in [4.69, 9.17) is 17.4 Å². The molecule has 0 saturated carbocycles. The van der Waals surface area contributed by atoms with Gasteiger partial charge in [-0.3, -0.25) is 11.3 Å². The molecule has 0 bridgehead atoms. The molecule has 0 aliphatic rings. The van der Waals surface area contributed by atoms with Crippen LogP contribution in [0.15, 0.2) is 29.6 Å². The van der Waals surface area contributed by atoms with Crippen LogP contribution in [0, 0.1) is 9.81 Å². The highest BCUT2D eigenvalue weighted by Crippen LogP contribution is 2.27. The molecule has 0 saturated heterocycles. The zero-order valence-corrected chi connectivity index (χ0v) is 13.6. The van der Waals surface area contributed by atoms with E-state index in [1.807, 2.05) is 13.0 Å². The van der Waals surface area contributed by atoms with Crippen LogP contribution in [0.1, 0.15) is 22.7 Å². The summed E-state index contributed by atoms with van der Waals surface area (Å²) in [4.78, 5) is 0. The lowest BCUT2D eigenvalue weighted by Crippen LogP contribution is -2.29. The van der Waals surface area contributed by atoms with Crippen LogP contribution >= 0.6 is 45.5 Å². The molecule has 1 heterocycles. The second-order valence-corrected chi connectivity index (χ2v) is 7.42. The lowest BCUT2D eigenvalue weighted by atomic mass is 10.0. The first-order valence-corrected chi connectivity index (χ1v) is 7.89. The van der Waals surface area contributed by atoms with Gasteiger partial charge in [0.1, 0.15) is 0 Å². The standard InChI is InChI=1S/C13H14ClIN2S/c1-8-2-3-9(11(14)4-8)5-12(17-16)10-6-13(15)18-7-10/h2-4,6-7,12,17H,5,16H2,1H3. The fourth-order valence-electron chi connectivity index (χ4n) is 1.82. The Labute approximate surface area is 130 Å². The van der Waals surface area contributed by atoms with Crippen molar-refractivity contribution in [2.75, 3.05) is 0 Å². The van der Waals surface area contributed by atoms with Crippen LogP contribution in [0.4, 0.5) is 0 Å². The Kier molecular flexibility index (Phi) is 5.03. The number of benzene rings is 1. The lowest BCUT2D eigenvalue weighted by Gasteiger charge is -2.15. The Morgan fingerprint density at radius 2 is 2.22 bits per heavy atom. The third kappa shape index (κ3) is 3.45. The van der Waals surface area contributed by atoms with Gasteiger partial charge >= 0.3 is 0 Å². The summed E-state index contributed by atoms with van der Waals surface area (Å²) >= 11 is 10.3.